The molecule has 20 heavy (non-hydrogen) atoms. The van der Waals surface area contributed by atoms with Crippen LogP contribution in [0.4, 0.5) is 0 Å². The van der Waals surface area contributed by atoms with E-state index in [0.29, 0.717) is 12.8 Å². The zero-order chi connectivity index (χ0) is 15.2. The second kappa shape index (κ2) is 7.37. The number of aryl methyl sites for hydroxylation is 1. The van der Waals surface area contributed by atoms with E-state index in [9.17, 15) is 13.2 Å². The number of benzene rings is 1. The van der Waals surface area contributed by atoms with Gasteiger partial charge >= 0.3 is 5.97 Å². The minimum absolute atomic E-state index is 0.210. The summed E-state index contributed by atoms with van der Waals surface area (Å²) >= 11 is 0. The average molecular weight is 300 g/mol. The van der Waals surface area contributed by atoms with Gasteiger partial charge < -0.3 is 10.4 Å². The number of hydrogen-bond donors (Lipinski definition) is 3. The van der Waals surface area contributed by atoms with E-state index in [1.165, 1.54) is 0 Å². The summed E-state index contributed by atoms with van der Waals surface area (Å²) in [4.78, 5) is 11.0. The highest BCUT2D eigenvalue weighted by Crippen LogP contribution is 2.09. The maximum absolute atomic E-state index is 11.9. The van der Waals surface area contributed by atoms with Crippen molar-refractivity contribution in [2.24, 2.45) is 0 Å². The molecule has 112 valence electrons. The fraction of sp³-hybridized carbons (Fsp3) is 0.462. The van der Waals surface area contributed by atoms with E-state index in [4.69, 9.17) is 5.11 Å². The third-order valence-electron chi connectivity index (χ3n) is 2.94. The monoisotopic (exact) mass is 300 g/mol. The van der Waals surface area contributed by atoms with Gasteiger partial charge in [0.15, 0.2) is 0 Å². The van der Waals surface area contributed by atoms with Gasteiger partial charge in [-0.25, -0.2) is 13.1 Å². The molecule has 0 unspecified atom stereocenters. The summed E-state index contributed by atoms with van der Waals surface area (Å²) in [6, 6.07) is 5.90. The molecule has 6 nitrogen and oxygen atoms in total. The summed E-state index contributed by atoms with van der Waals surface area (Å²) in [7, 11) is -1.96. The molecule has 0 aliphatic rings. The van der Waals surface area contributed by atoms with Crippen LogP contribution in [0.15, 0.2) is 29.2 Å². The summed E-state index contributed by atoms with van der Waals surface area (Å²) < 4.78 is 26.4. The van der Waals surface area contributed by atoms with Gasteiger partial charge in [-0.05, 0) is 38.9 Å². The first-order chi connectivity index (χ1) is 9.36. The number of carboxylic acids is 1. The molecule has 0 bridgehead atoms. The van der Waals surface area contributed by atoms with Gasteiger partial charge in [0.1, 0.15) is 6.04 Å². The normalized spacial score (nSPS) is 13.1. The Hall–Kier alpha value is -1.44. The Morgan fingerprint density at radius 1 is 1.30 bits per heavy atom. The molecule has 1 aromatic rings. The van der Waals surface area contributed by atoms with Crippen LogP contribution in [-0.2, 0) is 14.8 Å². The van der Waals surface area contributed by atoms with Crippen LogP contribution in [0.2, 0.25) is 0 Å². The third-order valence-corrected chi connectivity index (χ3v) is 4.42. The number of nitrogens with one attached hydrogen (secondary N) is 2. The third kappa shape index (κ3) is 4.92. The molecule has 0 fully saturated rings. The zero-order valence-electron chi connectivity index (χ0n) is 11.6. The number of sulfonamides is 1. The van der Waals surface area contributed by atoms with Crippen molar-refractivity contribution in [1.29, 1.82) is 0 Å². The zero-order valence-corrected chi connectivity index (χ0v) is 12.4. The van der Waals surface area contributed by atoms with Crippen LogP contribution in [0.3, 0.4) is 0 Å². The fourth-order valence-electron chi connectivity index (χ4n) is 1.70. The highest BCUT2D eigenvalue weighted by atomic mass is 32.2. The molecule has 0 aromatic heterocycles. The number of likely N-dealkylation sites (N-methyl/N-ethyl adjacent to an activating group) is 1. The molecule has 0 heterocycles. The first kappa shape index (κ1) is 16.6. The lowest BCUT2D eigenvalue weighted by molar-refractivity contribution is -0.139. The largest absolute Gasteiger partial charge is 0.480 e. The Kier molecular flexibility index (Phi) is 6.12. The maximum atomic E-state index is 11.9. The molecule has 0 amide bonds. The molecule has 1 aromatic carbocycles. The van der Waals surface area contributed by atoms with Gasteiger partial charge in [0.05, 0.1) is 4.90 Å². The van der Waals surface area contributed by atoms with E-state index in [0.717, 1.165) is 5.56 Å². The number of hydrogen-bond acceptors (Lipinski definition) is 4. The van der Waals surface area contributed by atoms with E-state index in [1.54, 1.807) is 31.3 Å². The van der Waals surface area contributed by atoms with Crippen molar-refractivity contribution in [3.8, 4) is 0 Å². The lowest BCUT2D eigenvalue weighted by atomic mass is 10.1. The van der Waals surface area contributed by atoms with Gasteiger partial charge in [-0.3, -0.25) is 4.79 Å². The van der Waals surface area contributed by atoms with Crippen molar-refractivity contribution in [3.05, 3.63) is 29.8 Å². The van der Waals surface area contributed by atoms with Crippen molar-refractivity contribution in [3.63, 3.8) is 0 Å². The fourth-order valence-corrected chi connectivity index (χ4v) is 2.78. The first-order valence-electron chi connectivity index (χ1n) is 6.33. The lowest BCUT2D eigenvalue weighted by Gasteiger charge is -2.11. The van der Waals surface area contributed by atoms with E-state index in [2.05, 4.69) is 10.0 Å². The Morgan fingerprint density at radius 3 is 2.40 bits per heavy atom. The molecule has 0 aliphatic carbocycles. The van der Waals surface area contributed by atoms with Crippen LogP contribution in [0.5, 0.6) is 0 Å². The molecular formula is C13H20N2O4S. The summed E-state index contributed by atoms with van der Waals surface area (Å²) in [5, 5.41) is 11.5. The predicted molar refractivity (Wildman–Crippen MR) is 76.1 cm³/mol. The van der Waals surface area contributed by atoms with Crippen LogP contribution in [-0.4, -0.2) is 39.1 Å². The standard InChI is InChI=1S/C13H20N2O4S/c1-10-5-7-11(8-6-10)20(18,19)15-9-3-4-12(14-2)13(16)17/h5-8,12,14-15H,3-4,9H2,1-2H3,(H,16,17)/t12-/m0/s1. The SMILES string of the molecule is CN[C@@H](CCCNS(=O)(=O)c1ccc(C)cc1)C(=O)O. The van der Waals surface area contributed by atoms with Crippen molar-refractivity contribution < 1.29 is 18.3 Å². The summed E-state index contributed by atoms with van der Waals surface area (Å²) in [5.74, 6) is -0.936. The Bertz CT molecular complexity index is 540. The molecule has 0 saturated carbocycles. The van der Waals surface area contributed by atoms with Crippen LogP contribution in [0.25, 0.3) is 0 Å². The second-order valence-electron chi connectivity index (χ2n) is 4.53. The molecule has 7 heteroatoms. The van der Waals surface area contributed by atoms with E-state index in [1.807, 2.05) is 6.92 Å². The number of rotatable bonds is 8. The number of aliphatic carboxylic acids is 1. The minimum Gasteiger partial charge on any atom is -0.480 e. The summed E-state index contributed by atoms with van der Waals surface area (Å²) in [6.07, 6.45) is 0.811. The van der Waals surface area contributed by atoms with Crippen molar-refractivity contribution >= 4 is 16.0 Å². The topological polar surface area (TPSA) is 95.5 Å². The predicted octanol–water partition coefficient (Wildman–Crippen LogP) is 0.726. The van der Waals surface area contributed by atoms with Gasteiger partial charge in [-0.2, -0.15) is 0 Å². The Morgan fingerprint density at radius 2 is 1.90 bits per heavy atom. The highest BCUT2D eigenvalue weighted by molar-refractivity contribution is 7.89. The molecule has 0 saturated heterocycles. The molecule has 3 N–H and O–H groups in total. The Balaban J connectivity index is 2.48. The molecule has 0 radical (unpaired) electrons. The van der Waals surface area contributed by atoms with Crippen LogP contribution in [0.1, 0.15) is 18.4 Å². The van der Waals surface area contributed by atoms with Gasteiger partial charge in [0.25, 0.3) is 0 Å². The van der Waals surface area contributed by atoms with Crippen molar-refractivity contribution in [2.45, 2.75) is 30.7 Å². The summed E-state index contributed by atoms with van der Waals surface area (Å²) in [6.45, 7) is 2.09. The van der Waals surface area contributed by atoms with Crippen LogP contribution < -0.4 is 10.0 Å². The van der Waals surface area contributed by atoms with E-state index in [-0.39, 0.29) is 11.4 Å². The summed E-state index contributed by atoms with van der Waals surface area (Å²) in [5.41, 5.74) is 0.988. The molecule has 1 rings (SSSR count). The van der Waals surface area contributed by atoms with Gasteiger partial charge in [0.2, 0.25) is 10.0 Å². The van der Waals surface area contributed by atoms with E-state index < -0.39 is 22.0 Å². The van der Waals surface area contributed by atoms with Gasteiger partial charge in [-0.1, -0.05) is 17.7 Å². The smallest absolute Gasteiger partial charge is 0.320 e. The molecule has 0 aliphatic heterocycles. The molecule has 1 atom stereocenters. The number of carboxylic acid groups (broad SMARTS) is 1. The van der Waals surface area contributed by atoms with Gasteiger partial charge in [0, 0.05) is 6.54 Å². The highest BCUT2D eigenvalue weighted by Gasteiger charge is 2.16. The van der Waals surface area contributed by atoms with Gasteiger partial charge in [-0.15, -0.1) is 0 Å². The minimum atomic E-state index is -3.52. The van der Waals surface area contributed by atoms with Crippen LogP contribution in [0, 0.1) is 6.92 Å². The van der Waals surface area contributed by atoms with Crippen molar-refractivity contribution in [1.82, 2.24) is 10.0 Å². The maximum Gasteiger partial charge on any atom is 0.320 e. The first-order valence-corrected chi connectivity index (χ1v) is 7.81. The number of carbonyl (C=O) groups is 1. The van der Waals surface area contributed by atoms with Crippen LogP contribution >= 0.6 is 0 Å². The Labute approximate surface area is 119 Å². The quantitative estimate of drug-likeness (QED) is 0.615. The average Bonchev–Trinajstić information content (AvgIpc) is 2.38. The molecule has 0 spiro atoms. The molecular weight excluding hydrogens is 280 g/mol. The van der Waals surface area contributed by atoms with Crippen molar-refractivity contribution in [2.75, 3.05) is 13.6 Å². The second-order valence-corrected chi connectivity index (χ2v) is 6.30. The lowest BCUT2D eigenvalue weighted by Crippen LogP contribution is -2.35. The van der Waals surface area contributed by atoms with E-state index >= 15 is 0 Å².